The second-order valence-electron chi connectivity index (χ2n) is 8.38. The molecule has 4 aliphatic rings. The minimum absolute atomic E-state index is 0.118. The molecule has 4 nitrogen and oxygen atoms in total. The Morgan fingerprint density at radius 3 is 2.48 bits per heavy atom. The van der Waals surface area contributed by atoms with Gasteiger partial charge in [0.05, 0.1) is 18.6 Å². The van der Waals surface area contributed by atoms with Gasteiger partial charge in [0.25, 0.3) is 0 Å². The number of benzene rings is 1. The van der Waals surface area contributed by atoms with Crippen LogP contribution in [0.2, 0.25) is 0 Å². The smallest absolute Gasteiger partial charge is 0.119 e. The number of hydrogen-bond acceptors (Lipinski definition) is 3. The fourth-order valence-corrected chi connectivity index (χ4v) is 6.31. The number of imidazole rings is 1. The van der Waals surface area contributed by atoms with Crippen LogP contribution < -0.4 is 4.74 Å². The SMILES string of the molecule is COc1cccc(C(c2ncc[nH]2)C2(O)C3CC4CC(C3)CC2C4)c1. The van der Waals surface area contributed by atoms with Crippen LogP contribution in [0.4, 0.5) is 0 Å². The average Bonchev–Trinajstić information content (AvgIpc) is 3.13. The Morgan fingerprint density at radius 2 is 1.88 bits per heavy atom. The Labute approximate surface area is 148 Å². The number of aromatic amines is 1. The van der Waals surface area contributed by atoms with Crippen molar-refractivity contribution in [2.24, 2.45) is 23.7 Å². The zero-order valence-corrected chi connectivity index (χ0v) is 14.7. The van der Waals surface area contributed by atoms with Crippen molar-refractivity contribution in [3.8, 4) is 5.75 Å². The third-order valence-electron chi connectivity index (χ3n) is 7.13. The summed E-state index contributed by atoms with van der Waals surface area (Å²) in [6.07, 6.45) is 9.72. The van der Waals surface area contributed by atoms with Crippen molar-refractivity contribution in [3.05, 3.63) is 48.0 Å². The van der Waals surface area contributed by atoms with E-state index in [0.29, 0.717) is 11.8 Å². The van der Waals surface area contributed by atoms with E-state index in [0.717, 1.165) is 29.0 Å². The molecule has 132 valence electrons. The third-order valence-corrected chi connectivity index (χ3v) is 7.13. The van der Waals surface area contributed by atoms with Gasteiger partial charge in [-0.1, -0.05) is 12.1 Å². The standard InChI is InChI=1S/C21H26N2O2/c1-25-18-4-2-3-15(12-18)19(20-22-5-6-23-20)21(24)16-8-13-7-14(10-16)11-17(21)9-13/h2-6,12-14,16-17,19,24H,7-11H2,1H3,(H,22,23). The fraction of sp³-hybridized carbons (Fsp3) is 0.571. The molecule has 1 atom stereocenters. The quantitative estimate of drug-likeness (QED) is 0.893. The van der Waals surface area contributed by atoms with E-state index in [-0.39, 0.29) is 5.92 Å². The topological polar surface area (TPSA) is 58.1 Å². The molecule has 0 aliphatic heterocycles. The van der Waals surface area contributed by atoms with Crippen LogP contribution in [0.5, 0.6) is 5.75 Å². The molecule has 2 N–H and O–H groups in total. The number of ether oxygens (including phenoxy) is 1. The van der Waals surface area contributed by atoms with Crippen LogP contribution >= 0.6 is 0 Å². The third kappa shape index (κ3) is 2.27. The summed E-state index contributed by atoms with van der Waals surface area (Å²) in [5.41, 5.74) is 0.391. The molecule has 2 aromatic rings. The molecular formula is C21H26N2O2. The van der Waals surface area contributed by atoms with E-state index in [1.807, 2.05) is 18.3 Å². The Morgan fingerprint density at radius 1 is 1.16 bits per heavy atom. The van der Waals surface area contributed by atoms with Gasteiger partial charge in [0, 0.05) is 12.4 Å². The lowest BCUT2D eigenvalue weighted by Gasteiger charge is -2.61. The molecule has 1 unspecified atom stereocenters. The zero-order valence-electron chi connectivity index (χ0n) is 14.7. The van der Waals surface area contributed by atoms with Gasteiger partial charge in [-0.25, -0.2) is 4.98 Å². The molecular weight excluding hydrogens is 312 g/mol. The molecule has 0 amide bonds. The average molecular weight is 338 g/mol. The van der Waals surface area contributed by atoms with Gasteiger partial charge in [-0.15, -0.1) is 0 Å². The maximum absolute atomic E-state index is 12.1. The largest absolute Gasteiger partial charge is 0.497 e. The highest BCUT2D eigenvalue weighted by molar-refractivity contribution is 5.37. The van der Waals surface area contributed by atoms with Crippen LogP contribution in [0, 0.1) is 23.7 Å². The summed E-state index contributed by atoms with van der Waals surface area (Å²) < 4.78 is 5.45. The summed E-state index contributed by atoms with van der Waals surface area (Å²) in [6.45, 7) is 0. The second kappa shape index (κ2) is 5.60. The van der Waals surface area contributed by atoms with E-state index in [1.54, 1.807) is 13.3 Å². The van der Waals surface area contributed by atoms with E-state index < -0.39 is 5.60 Å². The van der Waals surface area contributed by atoms with Crippen LogP contribution in [0.25, 0.3) is 0 Å². The summed E-state index contributed by atoms with van der Waals surface area (Å²) >= 11 is 0. The molecule has 1 aromatic heterocycles. The van der Waals surface area contributed by atoms with Crippen LogP contribution in [0.15, 0.2) is 36.7 Å². The minimum atomic E-state index is -0.711. The summed E-state index contributed by atoms with van der Waals surface area (Å²) in [5, 5.41) is 12.1. The fourth-order valence-electron chi connectivity index (χ4n) is 6.31. The molecule has 25 heavy (non-hydrogen) atoms. The van der Waals surface area contributed by atoms with Gasteiger partial charge in [-0.05, 0) is 73.5 Å². The van der Waals surface area contributed by atoms with E-state index in [4.69, 9.17) is 4.74 Å². The van der Waals surface area contributed by atoms with Gasteiger partial charge in [0.1, 0.15) is 11.6 Å². The predicted molar refractivity (Wildman–Crippen MR) is 95.4 cm³/mol. The molecule has 0 saturated heterocycles. The lowest BCUT2D eigenvalue weighted by molar-refractivity contribution is -0.181. The van der Waals surface area contributed by atoms with E-state index in [1.165, 1.54) is 32.1 Å². The van der Waals surface area contributed by atoms with Gasteiger partial charge in [-0.2, -0.15) is 0 Å². The number of nitrogens with zero attached hydrogens (tertiary/aromatic N) is 1. The predicted octanol–water partition coefficient (Wildman–Crippen LogP) is 3.74. The Hall–Kier alpha value is -1.81. The van der Waals surface area contributed by atoms with Crippen LogP contribution in [0.3, 0.4) is 0 Å². The molecule has 4 bridgehead atoms. The monoisotopic (exact) mass is 338 g/mol. The molecule has 0 spiro atoms. The molecule has 6 rings (SSSR count). The van der Waals surface area contributed by atoms with Crippen LogP contribution in [0.1, 0.15) is 49.4 Å². The van der Waals surface area contributed by atoms with Crippen molar-refractivity contribution in [1.29, 1.82) is 0 Å². The summed E-state index contributed by atoms with van der Waals surface area (Å²) in [6, 6.07) is 8.15. The first-order valence-corrected chi connectivity index (χ1v) is 9.54. The van der Waals surface area contributed by atoms with Gasteiger partial charge in [0.15, 0.2) is 0 Å². The van der Waals surface area contributed by atoms with Gasteiger partial charge < -0.3 is 14.8 Å². The first-order valence-electron chi connectivity index (χ1n) is 9.54. The lowest BCUT2D eigenvalue weighted by Crippen LogP contribution is -2.60. The second-order valence-corrected chi connectivity index (χ2v) is 8.38. The van der Waals surface area contributed by atoms with Crippen molar-refractivity contribution in [1.82, 2.24) is 9.97 Å². The van der Waals surface area contributed by atoms with Crippen molar-refractivity contribution in [3.63, 3.8) is 0 Å². The summed E-state index contributed by atoms with van der Waals surface area (Å²) in [4.78, 5) is 7.87. The molecule has 1 aromatic carbocycles. The number of rotatable bonds is 4. The van der Waals surface area contributed by atoms with Crippen molar-refractivity contribution >= 4 is 0 Å². The Balaban J connectivity index is 1.63. The molecule has 4 heteroatoms. The first kappa shape index (κ1) is 15.4. The number of aromatic nitrogens is 2. The van der Waals surface area contributed by atoms with Gasteiger partial charge >= 0.3 is 0 Å². The highest BCUT2D eigenvalue weighted by atomic mass is 16.5. The highest BCUT2D eigenvalue weighted by Crippen LogP contribution is 2.62. The van der Waals surface area contributed by atoms with Gasteiger partial charge in [0.2, 0.25) is 0 Å². The zero-order chi connectivity index (χ0) is 17.0. The number of hydrogen-bond donors (Lipinski definition) is 2. The van der Waals surface area contributed by atoms with E-state index in [9.17, 15) is 5.11 Å². The highest BCUT2D eigenvalue weighted by Gasteiger charge is 2.60. The first-order chi connectivity index (χ1) is 12.2. The van der Waals surface area contributed by atoms with Crippen LogP contribution in [-0.2, 0) is 0 Å². The number of methoxy groups -OCH3 is 1. The van der Waals surface area contributed by atoms with E-state index in [2.05, 4.69) is 22.1 Å². The minimum Gasteiger partial charge on any atom is -0.497 e. The van der Waals surface area contributed by atoms with Crippen molar-refractivity contribution in [2.45, 2.75) is 43.6 Å². The van der Waals surface area contributed by atoms with Crippen LogP contribution in [-0.4, -0.2) is 27.8 Å². The maximum atomic E-state index is 12.1. The van der Waals surface area contributed by atoms with Crippen molar-refractivity contribution < 1.29 is 9.84 Å². The molecule has 1 heterocycles. The number of nitrogens with one attached hydrogen (secondary N) is 1. The lowest BCUT2D eigenvalue weighted by atomic mass is 9.46. The molecule has 4 aliphatic carbocycles. The Bertz CT molecular complexity index is 727. The van der Waals surface area contributed by atoms with E-state index >= 15 is 0 Å². The van der Waals surface area contributed by atoms with Crippen molar-refractivity contribution in [2.75, 3.05) is 7.11 Å². The summed E-state index contributed by atoms with van der Waals surface area (Å²) in [7, 11) is 1.69. The molecule has 4 fully saturated rings. The number of aliphatic hydroxyl groups is 1. The maximum Gasteiger partial charge on any atom is 0.119 e. The Kier molecular flexibility index (Phi) is 3.46. The normalized spacial score (nSPS) is 37.2. The number of H-pyrrole nitrogens is 1. The summed E-state index contributed by atoms with van der Waals surface area (Å²) in [5.74, 6) is 4.00. The molecule has 0 radical (unpaired) electrons. The van der Waals surface area contributed by atoms with Gasteiger partial charge in [-0.3, -0.25) is 0 Å². The molecule has 4 saturated carbocycles.